The molecule has 0 fully saturated rings. The SMILES string of the molecule is c1ccc(-c2c3ccccc3c(-c3ccccc3)c3cc(N(c4ccc(-c5cccc6cccc(-c7ccccc7)c56)cc4)c4cccc(-n5c6ccccc6c6ccccc65)c4)ccc23)cc1. The lowest BCUT2D eigenvalue weighted by molar-refractivity contribution is 1.17. The van der Waals surface area contributed by atoms with Gasteiger partial charge in [-0.05, 0) is 131 Å². The first-order valence-corrected chi connectivity index (χ1v) is 23.4. The van der Waals surface area contributed by atoms with Crippen molar-refractivity contribution in [3.63, 3.8) is 0 Å². The van der Waals surface area contributed by atoms with E-state index in [4.69, 9.17) is 0 Å². The van der Waals surface area contributed by atoms with Crippen LogP contribution in [0.25, 0.3) is 104 Å². The Balaban J connectivity index is 1.05. The number of hydrogen-bond donors (Lipinski definition) is 0. The van der Waals surface area contributed by atoms with Gasteiger partial charge in [0.2, 0.25) is 0 Å². The van der Waals surface area contributed by atoms with E-state index in [0.717, 1.165) is 22.7 Å². The molecule has 0 saturated carbocycles. The second-order valence-corrected chi connectivity index (χ2v) is 17.6. The molecule has 0 aliphatic rings. The normalized spacial score (nSPS) is 11.5. The van der Waals surface area contributed by atoms with E-state index < -0.39 is 0 Å². The van der Waals surface area contributed by atoms with Crippen molar-refractivity contribution >= 4 is 71.2 Å². The van der Waals surface area contributed by atoms with Crippen LogP contribution in [-0.2, 0) is 0 Å². The molecule has 0 aliphatic carbocycles. The Bertz CT molecular complexity index is 3940. The lowest BCUT2D eigenvalue weighted by Gasteiger charge is -2.28. The Hall–Kier alpha value is -8.98. The fourth-order valence-electron chi connectivity index (χ4n) is 10.8. The van der Waals surface area contributed by atoms with Crippen LogP contribution < -0.4 is 4.90 Å². The van der Waals surface area contributed by atoms with Gasteiger partial charge in [0.15, 0.2) is 0 Å². The van der Waals surface area contributed by atoms with E-state index in [2.05, 4.69) is 276 Å². The number of aromatic nitrogens is 1. The third-order valence-corrected chi connectivity index (χ3v) is 13.7. The van der Waals surface area contributed by atoms with Gasteiger partial charge in [0.1, 0.15) is 0 Å². The van der Waals surface area contributed by atoms with Crippen LogP contribution >= 0.6 is 0 Å². The van der Waals surface area contributed by atoms with Crippen LogP contribution in [0.4, 0.5) is 17.1 Å². The van der Waals surface area contributed by atoms with E-state index in [9.17, 15) is 0 Å². The van der Waals surface area contributed by atoms with Crippen LogP contribution in [0.2, 0.25) is 0 Å². The number of anilines is 3. The lowest BCUT2D eigenvalue weighted by atomic mass is 9.85. The van der Waals surface area contributed by atoms with Crippen LogP contribution in [0.15, 0.2) is 267 Å². The highest BCUT2D eigenvalue weighted by atomic mass is 15.1. The summed E-state index contributed by atoms with van der Waals surface area (Å²) in [5, 5.41) is 9.87. The number of fused-ring (bicyclic) bond motifs is 6. The molecular formula is C66H44N2. The van der Waals surface area contributed by atoms with Gasteiger partial charge < -0.3 is 9.47 Å². The molecule has 1 aromatic heterocycles. The van der Waals surface area contributed by atoms with Crippen molar-refractivity contribution in [2.45, 2.75) is 0 Å². The first-order valence-electron chi connectivity index (χ1n) is 23.4. The highest BCUT2D eigenvalue weighted by molar-refractivity contribution is 6.22. The molecule has 0 bridgehead atoms. The molecule has 0 N–H and O–H groups in total. The molecule has 0 amide bonds. The minimum Gasteiger partial charge on any atom is -0.310 e. The molecule has 68 heavy (non-hydrogen) atoms. The second kappa shape index (κ2) is 16.5. The third-order valence-electron chi connectivity index (χ3n) is 13.7. The Kier molecular flexibility index (Phi) is 9.54. The van der Waals surface area contributed by atoms with Crippen LogP contribution in [0.3, 0.4) is 0 Å². The molecule has 318 valence electrons. The summed E-state index contributed by atoms with van der Waals surface area (Å²) in [5.41, 5.74) is 16.4. The summed E-state index contributed by atoms with van der Waals surface area (Å²) in [6.07, 6.45) is 0. The smallest absolute Gasteiger partial charge is 0.0541 e. The van der Waals surface area contributed by atoms with E-state index in [0.29, 0.717) is 0 Å². The average molecular weight is 865 g/mol. The van der Waals surface area contributed by atoms with Crippen molar-refractivity contribution in [3.05, 3.63) is 267 Å². The minimum atomic E-state index is 1.07. The first-order chi connectivity index (χ1) is 33.8. The fourth-order valence-corrected chi connectivity index (χ4v) is 10.8. The summed E-state index contributed by atoms with van der Waals surface area (Å²) >= 11 is 0. The van der Waals surface area contributed by atoms with Gasteiger partial charge in [0.05, 0.1) is 11.0 Å². The molecule has 1 heterocycles. The van der Waals surface area contributed by atoms with Gasteiger partial charge >= 0.3 is 0 Å². The maximum Gasteiger partial charge on any atom is 0.0541 e. The zero-order valence-electron chi connectivity index (χ0n) is 37.3. The van der Waals surface area contributed by atoms with Gasteiger partial charge in [-0.2, -0.15) is 0 Å². The molecule has 0 radical (unpaired) electrons. The van der Waals surface area contributed by atoms with Gasteiger partial charge in [0, 0.05) is 33.5 Å². The van der Waals surface area contributed by atoms with Crippen molar-refractivity contribution in [1.82, 2.24) is 4.57 Å². The van der Waals surface area contributed by atoms with Crippen molar-refractivity contribution in [2.24, 2.45) is 0 Å². The van der Waals surface area contributed by atoms with Crippen molar-refractivity contribution in [3.8, 4) is 50.2 Å². The summed E-state index contributed by atoms with van der Waals surface area (Å²) in [7, 11) is 0. The maximum atomic E-state index is 2.44. The van der Waals surface area contributed by atoms with E-state index in [1.807, 2.05) is 0 Å². The number of para-hydroxylation sites is 2. The van der Waals surface area contributed by atoms with Crippen LogP contribution in [0.5, 0.6) is 0 Å². The summed E-state index contributed by atoms with van der Waals surface area (Å²) in [6.45, 7) is 0. The molecule has 13 rings (SSSR count). The Morgan fingerprint density at radius 2 is 0.706 bits per heavy atom. The molecule has 0 atom stereocenters. The number of benzene rings is 12. The molecule has 0 aliphatic heterocycles. The van der Waals surface area contributed by atoms with Gasteiger partial charge in [-0.25, -0.2) is 0 Å². The Labute approximate surface area is 395 Å². The summed E-state index contributed by atoms with van der Waals surface area (Å²) in [6, 6.07) is 97.5. The van der Waals surface area contributed by atoms with Gasteiger partial charge in [-0.15, -0.1) is 0 Å². The van der Waals surface area contributed by atoms with E-state index in [1.54, 1.807) is 0 Å². The number of rotatable bonds is 8. The predicted octanol–water partition coefficient (Wildman–Crippen LogP) is 18.4. The van der Waals surface area contributed by atoms with Gasteiger partial charge in [-0.1, -0.05) is 212 Å². The summed E-state index contributed by atoms with van der Waals surface area (Å²) in [5.74, 6) is 0. The largest absolute Gasteiger partial charge is 0.310 e. The molecule has 2 heteroatoms. The summed E-state index contributed by atoms with van der Waals surface area (Å²) in [4.78, 5) is 2.44. The van der Waals surface area contributed by atoms with E-state index in [-0.39, 0.29) is 0 Å². The van der Waals surface area contributed by atoms with Gasteiger partial charge in [-0.3, -0.25) is 0 Å². The quantitative estimate of drug-likeness (QED) is 0.138. The van der Waals surface area contributed by atoms with Crippen LogP contribution in [0.1, 0.15) is 0 Å². The van der Waals surface area contributed by atoms with Gasteiger partial charge in [0.25, 0.3) is 0 Å². The molecular weight excluding hydrogens is 821 g/mol. The average Bonchev–Trinajstić information content (AvgIpc) is 3.75. The standard InChI is InChI=1S/C66H44N2/c1-4-19-45(20-5-1)54-33-16-25-49-26-17-34-55(64(49)54)46-37-39-50(40-38-46)67(51-27-18-28-52(43-51)68-62-35-14-12-29-56(62)57-30-13-15-36-63(57)68)53-41-42-60-61(44-53)66(48-23-8-3-9-24-48)59-32-11-10-31-58(59)65(60)47-21-6-2-7-22-47/h1-44H. The molecule has 0 saturated heterocycles. The topological polar surface area (TPSA) is 8.17 Å². The van der Waals surface area contributed by atoms with E-state index >= 15 is 0 Å². The first kappa shape index (κ1) is 39.4. The second-order valence-electron chi connectivity index (χ2n) is 17.6. The van der Waals surface area contributed by atoms with Crippen LogP contribution in [-0.4, -0.2) is 4.57 Å². The summed E-state index contributed by atoms with van der Waals surface area (Å²) < 4.78 is 2.41. The molecule has 12 aromatic carbocycles. The monoisotopic (exact) mass is 864 g/mol. The van der Waals surface area contributed by atoms with Crippen LogP contribution in [0, 0.1) is 0 Å². The molecule has 0 unspecified atom stereocenters. The third kappa shape index (κ3) is 6.57. The zero-order chi connectivity index (χ0) is 45.0. The number of nitrogens with zero attached hydrogens (tertiary/aromatic N) is 2. The fraction of sp³-hybridized carbons (Fsp3) is 0. The van der Waals surface area contributed by atoms with Crippen molar-refractivity contribution < 1.29 is 0 Å². The molecule has 0 spiro atoms. The highest BCUT2D eigenvalue weighted by Crippen LogP contribution is 2.47. The molecule has 13 aromatic rings. The zero-order valence-corrected chi connectivity index (χ0v) is 37.3. The predicted molar refractivity (Wildman–Crippen MR) is 290 cm³/mol. The van der Waals surface area contributed by atoms with Crippen molar-refractivity contribution in [2.75, 3.05) is 4.90 Å². The van der Waals surface area contributed by atoms with Crippen molar-refractivity contribution in [1.29, 1.82) is 0 Å². The highest BCUT2D eigenvalue weighted by Gasteiger charge is 2.21. The minimum absolute atomic E-state index is 1.07. The lowest BCUT2D eigenvalue weighted by Crippen LogP contribution is -2.11. The number of hydrogen-bond acceptors (Lipinski definition) is 1. The Morgan fingerprint density at radius 3 is 1.29 bits per heavy atom. The Morgan fingerprint density at radius 1 is 0.265 bits per heavy atom. The molecule has 2 nitrogen and oxygen atoms in total. The maximum absolute atomic E-state index is 2.44. The van der Waals surface area contributed by atoms with E-state index in [1.165, 1.54) is 98.6 Å².